The Morgan fingerprint density at radius 3 is 2.14 bits per heavy atom. The number of rotatable bonds is 7. The molecule has 21 heavy (non-hydrogen) atoms. The van der Waals surface area contributed by atoms with Gasteiger partial charge in [0.05, 0.1) is 16.7 Å². The minimum atomic E-state index is -0.0757. The van der Waals surface area contributed by atoms with Crippen LogP contribution in [-0.4, -0.2) is 17.9 Å². The standard InChI is InChI=1S/C16H28N2O2S/c1-8(2)11(7)18-16-14(20-10(5)6)12(17)15(21-16)13(19)9(3)4/h8-11,18H,17H2,1-7H3. The van der Waals surface area contributed by atoms with Gasteiger partial charge in [0.25, 0.3) is 0 Å². The quantitative estimate of drug-likeness (QED) is 0.732. The highest BCUT2D eigenvalue weighted by Gasteiger charge is 2.25. The molecule has 3 N–H and O–H groups in total. The third-order valence-electron chi connectivity index (χ3n) is 3.36. The molecule has 0 aliphatic heterocycles. The smallest absolute Gasteiger partial charge is 0.177 e. The Kier molecular flexibility index (Phi) is 6.08. The summed E-state index contributed by atoms with van der Waals surface area (Å²) in [6.45, 7) is 14.1. The van der Waals surface area contributed by atoms with Crippen LogP contribution in [0.5, 0.6) is 5.75 Å². The molecule has 1 rings (SSSR count). The number of nitrogens with one attached hydrogen (secondary N) is 1. The highest BCUT2D eigenvalue weighted by molar-refractivity contribution is 7.19. The molecule has 1 heterocycles. The monoisotopic (exact) mass is 312 g/mol. The van der Waals surface area contributed by atoms with Crippen molar-refractivity contribution in [3.8, 4) is 5.75 Å². The van der Waals surface area contributed by atoms with Gasteiger partial charge in [-0.25, -0.2) is 0 Å². The van der Waals surface area contributed by atoms with Crippen LogP contribution in [0.2, 0.25) is 0 Å². The molecule has 1 unspecified atom stereocenters. The van der Waals surface area contributed by atoms with Gasteiger partial charge in [-0.15, -0.1) is 11.3 Å². The molecule has 5 heteroatoms. The summed E-state index contributed by atoms with van der Waals surface area (Å²) in [6, 6.07) is 0.277. The van der Waals surface area contributed by atoms with Crippen molar-refractivity contribution in [1.82, 2.24) is 0 Å². The van der Waals surface area contributed by atoms with Gasteiger partial charge in [-0.2, -0.15) is 0 Å². The molecular formula is C16H28N2O2S. The van der Waals surface area contributed by atoms with Crippen molar-refractivity contribution >= 4 is 27.8 Å². The van der Waals surface area contributed by atoms with Crippen LogP contribution >= 0.6 is 11.3 Å². The van der Waals surface area contributed by atoms with E-state index in [2.05, 4.69) is 26.1 Å². The summed E-state index contributed by atoms with van der Waals surface area (Å²) in [5.41, 5.74) is 6.63. The van der Waals surface area contributed by atoms with Crippen molar-refractivity contribution in [3.05, 3.63) is 4.88 Å². The zero-order valence-corrected chi connectivity index (χ0v) is 14.9. The predicted octanol–water partition coefficient (Wildman–Crippen LogP) is 4.41. The lowest BCUT2D eigenvalue weighted by Gasteiger charge is -2.19. The van der Waals surface area contributed by atoms with Crippen LogP contribution in [0, 0.1) is 11.8 Å². The van der Waals surface area contributed by atoms with Gasteiger partial charge in [-0.1, -0.05) is 27.7 Å². The lowest BCUT2D eigenvalue weighted by atomic mass is 10.1. The first-order valence-corrected chi connectivity index (χ1v) is 8.36. The number of carbonyl (C=O) groups excluding carboxylic acids is 1. The Balaban J connectivity index is 3.21. The van der Waals surface area contributed by atoms with Crippen molar-refractivity contribution < 1.29 is 9.53 Å². The van der Waals surface area contributed by atoms with Crippen LogP contribution in [0.3, 0.4) is 0 Å². The number of thiophene rings is 1. The Morgan fingerprint density at radius 2 is 1.71 bits per heavy atom. The summed E-state index contributed by atoms with van der Waals surface area (Å²) >= 11 is 1.40. The number of ether oxygens (including phenoxy) is 1. The molecule has 0 radical (unpaired) electrons. The Labute approximate surface area is 132 Å². The van der Waals surface area contributed by atoms with Crippen LogP contribution < -0.4 is 15.8 Å². The van der Waals surface area contributed by atoms with E-state index in [0.717, 1.165) is 5.00 Å². The summed E-state index contributed by atoms with van der Waals surface area (Å²) in [6.07, 6.45) is 0.0128. The molecule has 0 aliphatic rings. The lowest BCUT2D eigenvalue weighted by molar-refractivity contribution is 0.0944. The van der Waals surface area contributed by atoms with Gasteiger partial charge in [0, 0.05) is 12.0 Å². The van der Waals surface area contributed by atoms with Crippen LogP contribution in [0.1, 0.15) is 58.1 Å². The molecule has 4 nitrogen and oxygen atoms in total. The Hall–Kier alpha value is -1.23. The van der Waals surface area contributed by atoms with Crippen molar-refractivity contribution in [1.29, 1.82) is 0 Å². The normalized spacial score (nSPS) is 13.0. The summed E-state index contributed by atoms with van der Waals surface area (Å²) < 4.78 is 5.84. The molecule has 120 valence electrons. The first kappa shape index (κ1) is 17.8. The van der Waals surface area contributed by atoms with E-state index in [4.69, 9.17) is 10.5 Å². The Morgan fingerprint density at radius 1 is 1.14 bits per heavy atom. The van der Waals surface area contributed by atoms with E-state index in [1.165, 1.54) is 11.3 Å². The molecule has 1 aromatic heterocycles. The molecule has 0 saturated carbocycles. The summed E-state index contributed by atoms with van der Waals surface area (Å²) in [7, 11) is 0. The maximum atomic E-state index is 12.3. The maximum absolute atomic E-state index is 12.3. The summed E-state index contributed by atoms with van der Waals surface area (Å²) in [5.74, 6) is 1.08. The second-order valence-electron chi connectivity index (χ2n) is 6.37. The van der Waals surface area contributed by atoms with E-state index in [9.17, 15) is 4.79 Å². The summed E-state index contributed by atoms with van der Waals surface area (Å²) in [4.78, 5) is 12.9. The van der Waals surface area contributed by atoms with Gasteiger partial charge >= 0.3 is 0 Å². The first-order chi connectivity index (χ1) is 9.65. The minimum Gasteiger partial charge on any atom is -0.486 e. The number of anilines is 2. The second-order valence-corrected chi connectivity index (χ2v) is 7.39. The van der Waals surface area contributed by atoms with Crippen LogP contribution in [0.15, 0.2) is 0 Å². The topological polar surface area (TPSA) is 64.3 Å². The lowest BCUT2D eigenvalue weighted by Crippen LogP contribution is -2.21. The second kappa shape index (κ2) is 7.16. The zero-order chi connectivity index (χ0) is 16.3. The van der Waals surface area contributed by atoms with Gasteiger partial charge in [0.2, 0.25) is 0 Å². The summed E-state index contributed by atoms with van der Waals surface area (Å²) in [5, 5.41) is 4.28. The van der Waals surface area contributed by atoms with Crippen LogP contribution in [-0.2, 0) is 0 Å². The number of Topliss-reactive ketones (excluding diaryl/α,β-unsaturated/α-hetero) is 1. The van der Waals surface area contributed by atoms with Gasteiger partial charge in [0.1, 0.15) is 5.00 Å². The number of carbonyl (C=O) groups is 1. The number of nitrogens with two attached hydrogens (primary N) is 1. The van der Waals surface area contributed by atoms with E-state index < -0.39 is 0 Å². The highest BCUT2D eigenvalue weighted by atomic mass is 32.1. The van der Waals surface area contributed by atoms with Crippen LogP contribution in [0.4, 0.5) is 10.7 Å². The van der Waals surface area contributed by atoms with Crippen molar-refractivity contribution in [2.45, 2.75) is 60.6 Å². The molecular weight excluding hydrogens is 284 g/mol. The fourth-order valence-corrected chi connectivity index (χ4v) is 2.93. The van der Waals surface area contributed by atoms with E-state index in [-0.39, 0.29) is 23.8 Å². The van der Waals surface area contributed by atoms with E-state index in [1.807, 2.05) is 27.7 Å². The molecule has 1 aromatic rings. The molecule has 0 aliphatic carbocycles. The maximum Gasteiger partial charge on any atom is 0.177 e. The molecule has 0 saturated heterocycles. The molecule has 0 fully saturated rings. The first-order valence-electron chi connectivity index (χ1n) is 7.54. The number of ketones is 1. The fourth-order valence-electron chi connectivity index (χ4n) is 1.70. The molecule has 0 aromatic carbocycles. The van der Waals surface area contributed by atoms with Gasteiger partial charge in [-0.05, 0) is 26.7 Å². The van der Waals surface area contributed by atoms with Gasteiger partial charge in [-0.3, -0.25) is 4.79 Å². The number of nitrogen functional groups attached to an aromatic ring is 1. The van der Waals surface area contributed by atoms with E-state index in [1.54, 1.807) is 0 Å². The third-order valence-corrected chi connectivity index (χ3v) is 4.49. The van der Waals surface area contributed by atoms with Gasteiger partial charge < -0.3 is 15.8 Å². The molecule has 0 amide bonds. The SMILES string of the molecule is CC(C)Oc1c(NC(C)C(C)C)sc(C(=O)C(C)C)c1N. The van der Waals surface area contributed by atoms with Crippen molar-refractivity contribution in [3.63, 3.8) is 0 Å². The minimum absolute atomic E-state index is 0.0128. The predicted molar refractivity (Wildman–Crippen MR) is 91.6 cm³/mol. The molecule has 0 bridgehead atoms. The largest absolute Gasteiger partial charge is 0.486 e. The molecule has 1 atom stereocenters. The van der Waals surface area contributed by atoms with Gasteiger partial charge in [0.15, 0.2) is 11.5 Å². The van der Waals surface area contributed by atoms with E-state index >= 15 is 0 Å². The highest BCUT2D eigenvalue weighted by Crippen LogP contribution is 2.44. The third kappa shape index (κ3) is 4.37. The zero-order valence-electron chi connectivity index (χ0n) is 14.1. The average molecular weight is 312 g/mol. The number of hydrogen-bond acceptors (Lipinski definition) is 5. The molecule has 0 spiro atoms. The average Bonchev–Trinajstić information content (AvgIpc) is 2.65. The van der Waals surface area contributed by atoms with E-state index in [0.29, 0.717) is 22.2 Å². The van der Waals surface area contributed by atoms with Crippen LogP contribution in [0.25, 0.3) is 0 Å². The Bertz CT molecular complexity index is 493. The number of hydrogen-bond donors (Lipinski definition) is 2. The van der Waals surface area contributed by atoms with Crippen molar-refractivity contribution in [2.24, 2.45) is 11.8 Å². The van der Waals surface area contributed by atoms with Crippen molar-refractivity contribution in [2.75, 3.05) is 11.1 Å². The fraction of sp³-hybridized carbons (Fsp3) is 0.688.